The number of amides is 2. The Bertz CT molecular complexity index is 1330. The van der Waals surface area contributed by atoms with Crippen molar-refractivity contribution in [1.29, 1.82) is 0 Å². The molecule has 0 spiro atoms. The highest BCUT2D eigenvalue weighted by Crippen LogP contribution is 2.44. The van der Waals surface area contributed by atoms with Crippen molar-refractivity contribution in [3.8, 4) is 16.9 Å². The Balaban J connectivity index is 1.15. The molecule has 0 aliphatic heterocycles. The van der Waals surface area contributed by atoms with Crippen molar-refractivity contribution in [3.63, 3.8) is 0 Å². The summed E-state index contributed by atoms with van der Waals surface area (Å²) in [5.41, 5.74) is 4.22. The normalized spacial score (nSPS) is 12.5. The fourth-order valence-corrected chi connectivity index (χ4v) is 4.66. The molecule has 208 valence electrons. The summed E-state index contributed by atoms with van der Waals surface area (Å²) >= 11 is 0. The Labute approximate surface area is 230 Å². The molecule has 11 nitrogen and oxygen atoms in total. The van der Waals surface area contributed by atoms with Crippen LogP contribution in [-0.2, 0) is 9.53 Å². The Morgan fingerprint density at radius 2 is 1.50 bits per heavy atom. The van der Waals surface area contributed by atoms with Crippen LogP contribution in [0.2, 0.25) is 0 Å². The number of fused-ring (bicyclic) bond motifs is 3. The van der Waals surface area contributed by atoms with Gasteiger partial charge < -0.3 is 25.2 Å². The molecule has 3 aromatic carbocycles. The van der Waals surface area contributed by atoms with Crippen molar-refractivity contribution in [2.45, 2.75) is 37.6 Å². The molecule has 0 aromatic heterocycles. The predicted molar refractivity (Wildman–Crippen MR) is 145 cm³/mol. The van der Waals surface area contributed by atoms with Crippen LogP contribution < -0.4 is 15.4 Å². The monoisotopic (exact) mass is 547 g/mol. The number of carbonyl (C=O) groups is 3. The van der Waals surface area contributed by atoms with Crippen molar-refractivity contribution in [2.75, 3.05) is 13.2 Å². The second-order valence-corrected chi connectivity index (χ2v) is 9.28. The minimum Gasteiger partial charge on any atom is -0.480 e. The molecule has 0 heterocycles. The van der Waals surface area contributed by atoms with Gasteiger partial charge in [-0.15, -0.1) is 0 Å². The first kappa shape index (κ1) is 28.1. The first-order chi connectivity index (χ1) is 19.3. The molecular weight excluding hydrogens is 518 g/mol. The topological polar surface area (TPSA) is 157 Å². The molecule has 1 unspecified atom stereocenters. The third-order valence-electron chi connectivity index (χ3n) is 6.63. The Kier molecular flexibility index (Phi) is 9.29. The first-order valence-corrected chi connectivity index (χ1v) is 12.9. The molecule has 4 rings (SSSR count). The minimum atomic E-state index is -1.15. The third kappa shape index (κ3) is 7.13. The van der Waals surface area contributed by atoms with E-state index in [1.807, 2.05) is 48.5 Å². The number of ether oxygens (including phenoxy) is 2. The first-order valence-electron chi connectivity index (χ1n) is 12.9. The number of carboxylic acids is 1. The largest absolute Gasteiger partial charge is 0.480 e. The molecule has 1 atom stereocenters. The summed E-state index contributed by atoms with van der Waals surface area (Å²) in [6, 6.07) is 19.9. The maximum absolute atomic E-state index is 12.5. The number of benzene rings is 3. The van der Waals surface area contributed by atoms with Crippen LogP contribution in [0.5, 0.6) is 5.75 Å². The van der Waals surface area contributed by atoms with Crippen LogP contribution in [0.3, 0.4) is 0 Å². The van der Waals surface area contributed by atoms with Gasteiger partial charge in [0.05, 0.1) is 4.92 Å². The van der Waals surface area contributed by atoms with Gasteiger partial charge in [-0.05, 0) is 47.2 Å². The third-order valence-corrected chi connectivity index (χ3v) is 6.63. The van der Waals surface area contributed by atoms with Gasteiger partial charge in [0.15, 0.2) is 0 Å². The van der Waals surface area contributed by atoms with E-state index in [-0.39, 0.29) is 30.4 Å². The number of nitro groups is 1. The Morgan fingerprint density at radius 3 is 2.10 bits per heavy atom. The number of alkyl carbamates (subject to hydrolysis) is 1. The van der Waals surface area contributed by atoms with E-state index >= 15 is 0 Å². The fourth-order valence-electron chi connectivity index (χ4n) is 4.66. The number of rotatable bonds is 12. The molecule has 0 radical (unpaired) electrons. The molecule has 1 aliphatic rings. The lowest BCUT2D eigenvalue weighted by Gasteiger charge is -2.17. The lowest BCUT2D eigenvalue weighted by molar-refractivity contribution is -0.384. The van der Waals surface area contributed by atoms with Crippen LogP contribution >= 0.6 is 0 Å². The highest BCUT2D eigenvalue weighted by atomic mass is 16.6. The molecule has 0 saturated carbocycles. The number of nitro benzene ring substituents is 1. The van der Waals surface area contributed by atoms with Gasteiger partial charge in [0.1, 0.15) is 18.4 Å². The molecule has 2 amide bonds. The van der Waals surface area contributed by atoms with Crippen molar-refractivity contribution in [1.82, 2.24) is 10.6 Å². The second kappa shape index (κ2) is 13.2. The van der Waals surface area contributed by atoms with E-state index in [1.54, 1.807) is 0 Å². The van der Waals surface area contributed by atoms with E-state index in [4.69, 9.17) is 9.47 Å². The minimum absolute atomic E-state index is 0.0911. The zero-order chi connectivity index (χ0) is 28.5. The summed E-state index contributed by atoms with van der Waals surface area (Å²) in [4.78, 5) is 46.1. The highest BCUT2D eigenvalue weighted by molar-refractivity contribution is 5.81. The van der Waals surface area contributed by atoms with Gasteiger partial charge >= 0.3 is 18.2 Å². The summed E-state index contributed by atoms with van der Waals surface area (Å²) in [5.74, 6) is -1.11. The maximum Gasteiger partial charge on any atom is 0.412 e. The number of nitrogens with one attached hydrogen (secondary N) is 2. The number of unbranched alkanes of at least 4 members (excludes halogenated alkanes) is 2. The van der Waals surface area contributed by atoms with Gasteiger partial charge in [-0.3, -0.25) is 10.1 Å². The van der Waals surface area contributed by atoms with E-state index < -0.39 is 29.1 Å². The molecule has 0 saturated heterocycles. The quantitative estimate of drug-likeness (QED) is 0.158. The van der Waals surface area contributed by atoms with Crippen LogP contribution in [0, 0.1) is 10.1 Å². The van der Waals surface area contributed by atoms with E-state index in [0.717, 1.165) is 22.3 Å². The molecule has 11 heteroatoms. The Morgan fingerprint density at radius 1 is 0.875 bits per heavy atom. The van der Waals surface area contributed by atoms with Crippen LogP contribution in [0.15, 0.2) is 72.8 Å². The SMILES string of the molecule is O=C(NC(CCCCCNC(=O)Oc1ccc([N+](=O)[O-])cc1)C(=O)O)OCC1c2ccccc2-c2ccccc21. The van der Waals surface area contributed by atoms with Crippen molar-refractivity contribution in [3.05, 3.63) is 94.0 Å². The fraction of sp³-hybridized carbons (Fsp3) is 0.276. The molecule has 0 fully saturated rings. The highest BCUT2D eigenvalue weighted by Gasteiger charge is 2.29. The summed E-state index contributed by atoms with van der Waals surface area (Å²) in [6.07, 6.45) is 0.381. The smallest absolute Gasteiger partial charge is 0.412 e. The van der Waals surface area contributed by atoms with Gasteiger partial charge in [-0.2, -0.15) is 0 Å². The number of hydrogen-bond acceptors (Lipinski definition) is 7. The summed E-state index contributed by atoms with van der Waals surface area (Å²) in [5, 5.41) is 25.2. The van der Waals surface area contributed by atoms with Crippen LogP contribution in [-0.4, -0.2) is 47.4 Å². The van der Waals surface area contributed by atoms with E-state index in [2.05, 4.69) is 10.6 Å². The van der Waals surface area contributed by atoms with Gasteiger partial charge in [0.2, 0.25) is 0 Å². The van der Waals surface area contributed by atoms with Crippen molar-refractivity contribution >= 4 is 23.8 Å². The van der Waals surface area contributed by atoms with Crippen molar-refractivity contribution < 1.29 is 33.9 Å². The maximum atomic E-state index is 12.5. The standard InChI is InChI=1S/C29H29N3O8/c33-27(34)26(12-2-1-7-17-30-28(35)40-20-15-13-19(14-16-20)32(37)38)31-29(36)39-18-25-23-10-5-3-8-21(23)22-9-4-6-11-24(22)25/h3-6,8-11,13-16,25-26H,1-2,7,12,17-18H2,(H,30,35)(H,31,36)(H,33,34). The lowest BCUT2D eigenvalue weighted by atomic mass is 9.98. The van der Waals surface area contributed by atoms with Gasteiger partial charge in [0.25, 0.3) is 5.69 Å². The zero-order valence-electron chi connectivity index (χ0n) is 21.6. The van der Waals surface area contributed by atoms with Crippen LogP contribution in [0.4, 0.5) is 15.3 Å². The number of carboxylic acid groups (broad SMARTS) is 1. The number of hydrogen-bond donors (Lipinski definition) is 3. The number of non-ortho nitro benzene ring substituents is 1. The van der Waals surface area contributed by atoms with E-state index in [0.29, 0.717) is 25.8 Å². The second-order valence-electron chi connectivity index (χ2n) is 9.28. The summed E-state index contributed by atoms with van der Waals surface area (Å²) in [7, 11) is 0. The lowest BCUT2D eigenvalue weighted by Crippen LogP contribution is -2.41. The molecular formula is C29H29N3O8. The molecule has 0 bridgehead atoms. The van der Waals surface area contributed by atoms with Gasteiger partial charge in [-0.25, -0.2) is 14.4 Å². The van der Waals surface area contributed by atoms with Crippen LogP contribution in [0.25, 0.3) is 11.1 Å². The zero-order valence-corrected chi connectivity index (χ0v) is 21.6. The molecule has 3 N–H and O–H groups in total. The average Bonchev–Trinajstić information content (AvgIpc) is 3.27. The Hall–Kier alpha value is -4.93. The number of nitrogens with zero attached hydrogens (tertiary/aromatic N) is 1. The van der Waals surface area contributed by atoms with Gasteiger partial charge in [-0.1, -0.05) is 61.4 Å². The number of carbonyl (C=O) groups excluding carboxylic acids is 2. The molecule has 40 heavy (non-hydrogen) atoms. The van der Waals surface area contributed by atoms with Crippen molar-refractivity contribution in [2.24, 2.45) is 0 Å². The van der Waals surface area contributed by atoms with Crippen LogP contribution in [0.1, 0.15) is 42.7 Å². The average molecular weight is 548 g/mol. The summed E-state index contributed by atoms with van der Waals surface area (Å²) in [6.45, 7) is 0.386. The number of aliphatic carboxylic acids is 1. The molecule has 3 aromatic rings. The van der Waals surface area contributed by atoms with Gasteiger partial charge in [0, 0.05) is 24.6 Å². The predicted octanol–water partition coefficient (Wildman–Crippen LogP) is 5.24. The van der Waals surface area contributed by atoms with E-state index in [9.17, 15) is 29.6 Å². The summed E-state index contributed by atoms with van der Waals surface area (Å²) < 4.78 is 10.5. The van der Waals surface area contributed by atoms with E-state index in [1.165, 1.54) is 24.3 Å². The molecule has 1 aliphatic carbocycles.